The van der Waals surface area contributed by atoms with Crippen LogP contribution >= 0.6 is 0 Å². The van der Waals surface area contributed by atoms with E-state index in [1.54, 1.807) is 93.6 Å². The Balaban J connectivity index is 0.932. The number of rotatable bonds is 33. The maximum absolute atomic E-state index is 14.1. The molecule has 0 bridgehead atoms. The molecule has 15 N–H and O–H groups in total. The van der Waals surface area contributed by atoms with Crippen molar-refractivity contribution in [2.45, 2.75) is 103 Å². The van der Waals surface area contributed by atoms with Crippen molar-refractivity contribution >= 4 is 69.9 Å². The molecule has 27 heteroatoms. The summed E-state index contributed by atoms with van der Waals surface area (Å²) in [5.74, 6) is -8.11. The monoisotopic (exact) mass is 1360 g/mol. The Morgan fingerprint density at radius 2 is 0.590 bits per heavy atom. The number of unbranched alkanes of at least 4 members (excludes halogenated alkanes) is 3. The van der Waals surface area contributed by atoms with Gasteiger partial charge in [0.25, 0.3) is 34.4 Å². The van der Waals surface area contributed by atoms with Crippen LogP contribution in [0, 0.1) is 20.8 Å². The SMILES string of the molecule is Cc1cc(=O)n(-c2ccc(C(=O)C(=O)N[C@H](CCCCN)C(=O)Nc3ccc(C(c4ccc(NC(=O)[C@@H](CCCCN)NC(=O)C(=O)c5ccc(-n6[nH]c(C)cc6=O)cc5)cc4)c4ccc(NC(=O)[C@@H](CCCCN)NC(=O)C(=O)c5ccc(-n6[nH]c(C)cc6=O)cc5)cc4)cc3)cc2)[nH]1. The highest BCUT2D eigenvalue weighted by Crippen LogP contribution is 2.34. The quantitative estimate of drug-likeness (QED) is 0.0104. The molecule has 0 saturated heterocycles. The number of nitrogens with one attached hydrogen (secondary N) is 9. The van der Waals surface area contributed by atoms with Crippen LogP contribution in [0.5, 0.6) is 0 Å². The second-order valence-electron chi connectivity index (χ2n) is 24.2. The lowest BCUT2D eigenvalue weighted by Crippen LogP contribution is -2.46. The van der Waals surface area contributed by atoms with E-state index in [0.29, 0.717) is 126 Å². The summed E-state index contributed by atoms with van der Waals surface area (Å²) in [7, 11) is 0. The summed E-state index contributed by atoms with van der Waals surface area (Å²) >= 11 is 0. The Bertz CT molecular complexity index is 4140. The van der Waals surface area contributed by atoms with E-state index in [0.717, 1.165) is 0 Å². The molecule has 27 nitrogen and oxygen atoms in total. The molecule has 518 valence electrons. The molecule has 100 heavy (non-hydrogen) atoms. The average Bonchev–Trinajstić information content (AvgIpc) is 0.901. The van der Waals surface area contributed by atoms with Crippen LogP contribution in [-0.4, -0.2) is 120 Å². The van der Waals surface area contributed by atoms with Gasteiger partial charge >= 0.3 is 0 Å². The van der Waals surface area contributed by atoms with Gasteiger partial charge in [-0.05, 0) is 224 Å². The maximum atomic E-state index is 14.1. The second kappa shape index (κ2) is 33.8. The Morgan fingerprint density at radius 1 is 0.350 bits per heavy atom. The van der Waals surface area contributed by atoms with Crippen LogP contribution < -0.4 is 65.8 Å². The third-order valence-corrected chi connectivity index (χ3v) is 16.6. The van der Waals surface area contributed by atoms with Crippen molar-refractivity contribution in [1.29, 1.82) is 0 Å². The van der Waals surface area contributed by atoms with Crippen molar-refractivity contribution in [2.24, 2.45) is 17.2 Å². The third-order valence-electron chi connectivity index (χ3n) is 16.6. The van der Waals surface area contributed by atoms with Crippen molar-refractivity contribution in [3.63, 3.8) is 0 Å². The van der Waals surface area contributed by atoms with E-state index in [4.69, 9.17) is 17.2 Å². The number of aromatic nitrogens is 6. The van der Waals surface area contributed by atoms with E-state index in [-0.39, 0.29) is 52.6 Å². The van der Waals surface area contributed by atoms with E-state index >= 15 is 0 Å². The number of Topliss-reactive ketones (excluding diaryl/α,β-unsaturated/α-hetero) is 3. The van der Waals surface area contributed by atoms with Gasteiger partial charge in [0, 0.05) is 75.0 Å². The smallest absolute Gasteiger partial charge is 0.293 e. The van der Waals surface area contributed by atoms with Gasteiger partial charge in [-0.25, -0.2) is 14.0 Å². The Kier molecular flexibility index (Phi) is 24.5. The highest BCUT2D eigenvalue weighted by Gasteiger charge is 2.30. The minimum absolute atomic E-state index is 0.0354. The highest BCUT2D eigenvalue weighted by molar-refractivity contribution is 6.44. The topological polar surface area (TPSA) is 417 Å². The Hall–Kier alpha value is -11.9. The molecule has 0 aliphatic rings. The van der Waals surface area contributed by atoms with Crippen molar-refractivity contribution in [2.75, 3.05) is 35.6 Å². The van der Waals surface area contributed by atoms with Gasteiger partial charge in [-0.1, -0.05) is 36.4 Å². The van der Waals surface area contributed by atoms with Crippen LogP contribution in [0.1, 0.15) is 129 Å². The summed E-state index contributed by atoms with van der Waals surface area (Å²) in [6.07, 6.45) is 3.41. The van der Waals surface area contributed by atoms with E-state index in [9.17, 15) is 57.5 Å². The van der Waals surface area contributed by atoms with E-state index in [2.05, 4.69) is 47.2 Å². The molecule has 0 aliphatic carbocycles. The number of H-pyrrole nitrogens is 3. The van der Waals surface area contributed by atoms with Gasteiger partial charge in [-0.3, -0.25) is 72.8 Å². The molecular formula is C73H79N15O12. The molecule has 0 radical (unpaired) electrons. The molecule has 9 rings (SSSR count). The zero-order valence-corrected chi connectivity index (χ0v) is 55.4. The normalized spacial score (nSPS) is 12.0. The number of aromatic amines is 3. The predicted octanol–water partition coefficient (Wildman–Crippen LogP) is 5.53. The third kappa shape index (κ3) is 18.6. The number of nitrogens with zero attached hydrogens (tertiary/aromatic N) is 3. The van der Waals surface area contributed by atoms with Crippen molar-refractivity contribution < 1.29 is 43.2 Å². The molecule has 0 fully saturated rings. The van der Waals surface area contributed by atoms with Gasteiger partial charge in [-0.15, -0.1) is 0 Å². The lowest BCUT2D eigenvalue weighted by atomic mass is 9.85. The number of hydrogen-bond acceptors (Lipinski definition) is 15. The van der Waals surface area contributed by atoms with Gasteiger partial charge in [0.15, 0.2) is 0 Å². The van der Waals surface area contributed by atoms with Crippen LogP contribution in [0.15, 0.2) is 178 Å². The Labute approximate surface area is 573 Å². The zero-order chi connectivity index (χ0) is 71.6. The number of anilines is 3. The molecule has 0 unspecified atom stereocenters. The Morgan fingerprint density at radius 3 is 0.800 bits per heavy atom. The van der Waals surface area contributed by atoms with E-state index in [1.165, 1.54) is 105 Å². The molecule has 9 aromatic rings. The van der Waals surface area contributed by atoms with Gasteiger partial charge in [-0.2, -0.15) is 0 Å². The molecule has 0 aliphatic heterocycles. The number of hydrogen-bond donors (Lipinski definition) is 12. The van der Waals surface area contributed by atoms with E-state index < -0.39 is 76.8 Å². The van der Waals surface area contributed by atoms with Crippen LogP contribution in [-0.2, 0) is 28.8 Å². The summed E-state index contributed by atoms with van der Waals surface area (Å²) in [4.78, 5) is 160. The van der Waals surface area contributed by atoms with E-state index in [1.807, 2.05) is 0 Å². The number of nitrogens with two attached hydrogens (primary N) is 3. The largest absolute Gasteiger partial charge is 0.337 e. The first-order valence-electron chi connectivity index (χ1n) is 32.7. The number of aryl methyl sites for hydroxylation is 3. The van der Waals surface area contributed by atoms with Gasteiger partial charge in [0.2, 0.25) is 35.1 Å². The molecule has 3 aromatic heterocycles. The molecule has 0 saturated carbocycles. The maximum Gasteiger partial charge on any atom is 0.293 e. The minimum atomic E-state index is -1.15. The summed E-state index contributed by atoms with van der Waals surface area (Å²) in [6.45, 7) is 6.15. The van der Waals surface area contributed by atoms with Crippen LogP contribution in [0.25, 0.3) is 17.1 Å². The summed E-state index contributed by atoms with van der Waals surface area (Å²) in [5, 5.41) is 25.1. The standard InChI is InChI=1S/C73H79N15O12/c1-43-40-61(89)86(83-43)55-31-19-49(20-32-55)65(92)71(98)80-58(10-4-7-37-74)68(95)77-52-25-13-46(14-26-52)64(47-15-27-53(28-16-47)78-69(96)59(11-5-8-38-75)81-72(99)66(93)50-21-33-56(34-22-50)87-62(90)41-44(2)84-87)48-17-29-54(30-18-48)79-70(97)60(12-6-9-39-76)82-73(100)67(94)51-23-35-57(36-24-51)88-63(91)42-45(3)85-88/h13-36,40-42,58-60,64,83-85H,4-12,37-39,74-76H2,1-3H3,(H,77,95)(H,78,96)(H,79,97)(H,80,98)(H,81,99)(H,82,100)/t58-,59-,60-/m1/s1. The molecule has 0 spiro atoms. The number of benzene rings is 6. The summed E-state index contributed by atoms with van der Waals surface area (Å²) < 4.78 is 3.88. The molecule has 6 amide bonds. The van der Waals surface area contributed by atoms with Crippen molar-refractivity contribution in [1.82, 2.24) is 45.3 Å². The number of carbonyl (C=O) groups is 9. The first-order chi connectivity index (χ1) is 48.1. The number of amides is 6. The fourth-order valence-corrected chi connectivity index (χ4v) is 11.3. The van der Waals surface area contributed by atoms with Crippen LogP contribution in [0.2, 0.25) is 0 Å². The molecule has 3 atom stereocenters. The fraction of sp³-hybridized carbons (Fsp3) is 0.260. The van der Waals surface area contributed by atoms with Gasteiger partial charge in [0.1, 0.15) is 18.1 Å². The molecule has 3 heterocycles. The minimum Gasteiger partial charge on any atom is -0.337 e. The molecule has 6 aromatic carbocycles. The van der Waals surface area contributed by atoms with Crippen LogP contribution in [0.3, 0.4) is 0 Å². The zero-order valence-electron chi connectivity index (χ0n) is 55.4. The first-order valence-corrected chi connectivity index (χ1v) is 32.7. The summed E-state index contributed by atoms with van der Waals surface area (Å²) in [5.41, 5.74) is 23.0. The molecular weight excluding hydrogens is 1280 g/mol. The van der Waals surface area contributed by atoms with Crippen molar-refractivity contribution in [3.8, 4) is 17.1 Å². The fourth-order valence-electron chi connectivity index (χ4n) is 11.3. The van der Waals surface area contributed by atoms with Gasteiger partial charge in [0.05, 0.1) is 17.1 Å². The van der Waals surface area contributed by atoms with Crippen molar-refractivity contribution in [3.05, 3.63) is 245 Å². The predicted molar refractivity (Wildman–Crippen MR) is 377 cm³/mol. The van der Waals surface area contributed by atoms with Crippen LogP contribution in [0.4, 0.5) is 17.1 Å². The number of ketones is 3. The average molecular weight is 1360 g/mol. The highest BCUT2D eigenvalue weighted by atomic mass is 16.2. The first kappa shape index (κ1) is 72.3. The van der Waals surface area contributed by atoms with Gasteiger partial charge < -0.3 is 49.1 Å². The number of carbonyl (C=O) groups excluding carboxylic acids is 9. The lowest BCUT2D eigenvalue weighted by molar-refractivity contribution is -0.124. The second-order valence-corrected chi connectivity index (χ2v) is 24.2. The summed E-state index contributed by atoms with van der Waals surface area (Å²) in [6, 6.07) is 39.1. The lowest BCUT2D eigenvalue weighted by Gasteiger charge is -2.22.